The summed E-state index contributed by atoms with van der Waals surface area (Å²) in [6.45, 7) is 1.35. The van der Waals surface area contributed by atoms with Crippen molar-refractivity contribution in [3.05, 3.63) is 18.2 Å². The first kappa shape index (κ1) is 16.1. The summed E-state index contributed by atoms with van der Waals surface area (Å²) in [6.07, 6.45) is 3.28. The normalized spacial score (nSPS) is 19.2. The lowest BCUT2D eigenvalue weighted by molar-refractivity contribution is 0.354. The number of hydrogen-bond acceptors (Lipinski definition) is 5. The Morgan fingerprint density at radius 3 is 2.62 bits per heavy atom. The summed E-state index contributed by atoms with van der Waals surface area (Å²) in [4.78, 5) is 0.177. The SMILES string of the molecule is COc1ccc(S(=O)(=O)NCC2CCCCN2)cc1OC. The van der Waals surface area contributed by atoms with Gasteiger partial charge in [-0.3, -0.25) is 0 Å². The van der Waals surface area contributed by atoms with E-state index in [-0.39, 0.29) is 10.9 Å². The smallest absolute Gasteiger partial charge is 0.240 e. The molecule has 21 heavy (non-hydrogen) atoms. The number of ether oxygens (including phenoxy) is 2. The number of methoxy groups -OCH3 is 2. The minimum atomic E-state index is -3.54. The van der Waals surface area contributed by atoms with Crippen LogP contribution in [0.3, 0.4) is 0 Å². The van der Waals surface area contributed by atoms with E-state index in [1.54, 1.807) is 6.07 Å². The van der Waals surface area contributed by atoms with E-state index in [1.165, 1.54) is 26.4 Å². The van der Waals surface area contributed by atoms with E-state index in [4.69, 9.17) is 9.47 Å². The van der Waals surface area contributed by atoms with E-state index < -0.39 is 10.0 Å². The third kappa shape index (κ3) is 4.09. The summed E-state index contributed by atoms with van der Waals surface area (Å²) in [5.74, 6) is 0.904. The molecule has 7 heteroatoms. The van der Waals surface area contributed by atoms with Crippen LogP contribution in [0.1, 0.15) is 19.3 Å². The van der Waals surface area contributed by atoms with Gasteiger partial charge < -0.3 is 14.8 Å². The standard InChI is InChI=1S/C14H22N2O4S/c1-19-13-7-6-12(9-14(13)20-2)21(17,18)16-10-11-5-3-4-8-15-11/h6-7,9,11,15-16H,3-5,8,10H2,1-2H3. The van der Waals surface area contributed by atoms with Crippen LogP contribution in [0.25, 0.3) is 0 Å². The first-order chi connectivity index (χ1) is 10.1. The molecule has 118 valence electrons. The molecule has 1 aliphatic rings. The molecule has 1 aromatic rings. The zero-order valence-corrected chi connectivity index (χ0v) is 13.2. The molecule has 1 unspecified atom stereocenters. The number of nitrogens with one attached hydrogen (secondary N) is 2. The zero-order chi connectivity index (χ0) is 15.3. The maximum absolute atomic E-state index is 12.3. The fourth-order valence-electron chi connectivity index (χ4n) is 2.38. The average molecular weight is 314 g/mol. The molecule has 0 spiro atoms. The van der Waals surface area contributed by atoms with Crippen LogP contribution < -0.4 is 19.5 Å². The highest BCUT2D eigenvalue weighted by molar-refractivity contribution is 7.89. The largest absolute Gasteiger partial charge is 0.493 e. The van der Waals surface area contributed by atoms with Gasteiger partial charge >= 0.3 is 0 Å². The van der Waals surface area contributed by atoms with Gasteiger partial charge in [0.1, 0.15) is 0 Å². The Morgan fingerprint density at radius 2 is 2.00 bits per heavy atom. The highest BCUT2D eigenvalue weighted by Crippen LogP contribution is 2.29. The van der Waals surface area contributed by atoms with E-state index in [1.807, 2.05) is 0 Å². The third-order valence-corrected chi connectivity index (χ3v) is 5.02. The second-order valence-electron chi connectivity index (χ2n) is 5.02. The maximum Gasteiger partial charge on any atom is 0.240 e. The van der Waals surface area contributed by atoms with Gasteiger partial charge in [0.2, 0.25) is 10.0 Å². The molecule has 1 aromatic carbocycles. The van der Waals surface area contributed by atoms with Gasteiger partial charge in [-0.15, -0.1) is 0 Å². The summed E-state index contributed by atoms with van der Waals surface area (Å²) in [5, 5.41) is 3.31. The Hall–Kier alpha value is -1.31. The first-order valence-corrected chi connectivity index (χ1v) is 8.50. The lowest BCUT2D eigenvalue weighted by atomic mass is 10.1. The van der Waals surface area contributed by atoms with Crippen LogP contribution in [-0.2, 0) is 10.0 Å². The number of piperidine rings is 1. The second-order valence-corrected chi connectivity index (χ2v) is 6.78. The number of rotatable bonds is 6. The van der Waals surface area contributed by atoms with Crippen molar-refractivity contribution in [3.63, 3.8) is 0 Å². The van der Waals surface area contributed by atoms with Crippen molar-refractivity contribution in [1.82, 2.24) is 10.0 Å². The summed E-state index contributed by atoms with van der Waals surface area (Å²) in [6, 6.07) is 4.77. The van der Waals surface area contributed by atoms with Crippen LogP contribution >= 0.6 is 0 Å². The second kappa shape index (κ2) is 7.11. The van der Waals surface area contributed by atoms with Gasteiger partial charge in [0, 0.05) is 18.7 Å². The number of sulfonamides is 1. The van der Waals surface area contributed by atoms with E-state index in [2.05, 4.69) is 10.0 Å². The Labute approximate surface area is 125 Å². The summed E-state index contributed by atoms with van der Waals surface area (Å²) < 4.78 is 37.5. The van der Waals surface area contributed by atoms with Crippen molar-refractivity contribution in [1.29, 1.82) is 0 Å². The molecule has 0 amide bonds. The Bertz CT molecular complexity index is 568. The van der Waals surface area contributed by atoms with Gasteiger partial charge in [0.25, 0.3) is 0 Å². The molecule has 0 aliphatic carbocycles. The first-order valence-electron chi connectivity index (χ1n) is 7.02. The average Bonchev–Trinajstić information content (AvgIpc) is 2.53. The van der Waals surface area contributed by atoms with E-state index in [0.29, 0.717) is 18.0 Å². The lowest BCUT2D eigenvalue weighted by Crippen LogP contribution is -2.43. The Kier molecular flexibility index (Phi) is 5.44. The van der Waals surface area contributed by atoms with Crippen LogP contribution in [0.5, 0.6) is 11.5 Å². The van der Waals surface area contributed by atoms with E-state index in [9.17, 15) is 8.42 Å². The summed E-state index contributed by atoms with van der Waals surface area (Å²) in [5.41, 5.74) is 0. The molecule has 2 N–H and O–H groups in total. The molecule has 1 heterocycles. The zero-order valence-electron chi connectivity index (χ0n) is 12.4. The molecule has 0 aromatic heterocycles. The minimum Gasteiger partial charge on any atom is -0.493 e. The lowest BCUT2D eigenvalue weighted by Gasteiger charge is -2.23. The minimum absolute atomic E-state index is 0.177. The van der Waals surface area contributed by atoms with Gasteiger partial charge in [-0.05, 0) is 31.5 Å². The van der Waals surface area contributed by atoms with Crippen LogP contribution in [0.4, 0.5) is 0 Å². The Morgan fingerprint density at radius 1 is 1.24 bits per heavy atom. The molecule has 1 atom stereocenters. The van der Waals surface area contributed by atoms with Crippen molar-refractivity contribution in [3.8, 4) is 11.5 Å². The molecular formula is C14H22N2O4S. The van der Waals surface area contributed by atoms with Crippen LogP contribution in [0, 0.1) is 0 Å². The predicted octanol–water partition coefficient (Wildman–Crippen LogP) is 1.12. The van der Waals surface area contributed by atoms with Crippen molar-refractivity contribution in [2.45, 2.75) is 30.2 Å². The van der Waals surface area contributed by atoms with Crippen molar-refractivity contribution >= 4 is 10.0 Å². The van der Waals surface area contributed by atoms with Crippen molar-refractivity contribution in [2.75, 3.05) is 27.3 Å². The fraction of sp³-hybridized carbons (Fsp3) is 0.571. The summed E-state index contributed by atoms with van der Waals surface area (Å²) in [7, 11) is -0.550. The van der Waals surface area contributed by atoms with Gasteiger partial charge in [-0.2, -0.15) is 0 Å². The highest BCUT2D eigenvalue weighted by atomic mass is 32.2. The van der Waals surface area contributed by atoms with Crippen molar-refractivity contribution < 1.29 is 17.9 Å². The molecule has 2 rings (SSSR count). The molecule has 0 radical (unpaired) electrons. The number of benzene rings is 1. The molecule has 6 nitrogen and oxygen atoms in total. The fourth-order valence-corrected chi connectivity index (χ4v) is 3.47. The summed E-state index contributed by atoms with van der Waals surface area (Å²) >= 11 is 0. The van der Waals surface area contributed by atoms with Crippen LogP contribution in [-0.4, -0.2) is 41.8 Å². The number of hydrogen-bond donors (Lipinski definition) is 2. The molecule has 0 saturated carbocycles. The molecular weight excluding hydrogens is 292 g/mol. The highest BCUT2D eigenvalue weighted by Gasteiger charge is 2.20. The van der Waals surface area contributed by atoms with Gasteiger partial charge in [0.15, 0.2) is 11.5 Å². The maximum atomic E-state index is 12.3. The monoisotopic (exact) mass is 314 g/mol. The Balaban J connectivity index is 2.07. The van der Waals surface area contributed by atoms with Crippen LogP contribution in [0.15, 0.2) is 23.1 Å². The third-order valence-electron chi connectivity index (χ3n) is 3.60. The molecule has 1 fully saturated rings. The topological polar surface area (TPSA) is 76.7 Å². The predicted molar refractivity (Wildman–Crippen MR) is 80.4 cm³/mol. The van der Waals surface area contributed by atoms with Gasteiger partial charge in [0.05, 0.1) is 19.1 Å². The quantitative estimate of drug-likeness (QED) is 0.823. The van der Waals surface area contributed by atoms with Gasteiger partial charge in [-0.1, -0.05) is 6.42 Å². The van der Waals surface area contributed by atoms with E-state index in [0.717, 1.165) is 25.8 Å². The molecule has 1 saturated heterocycles. The van der Waals surface area contributed by atoms with E-state index >= 15 is 0 Å². The molecule has 0 bridgehead atoms. The van der Waals surface area contributed by atoms with Gasteiger partial charge in [-0.25, -0.2) is 13.1 Å². The molecule has 1 aliphatic heterocycles. The van der Waals surface area contributed by atoms with Crippen molar-refractivity contribution in [2.24, 2.45) is 0 Å². The van der Waals surface area contributed by atoms with Crippen LogP contribution in [0.2, 0.25) is 0 Å².